The van der Waals surface area contributed by atoms with Gasteiger partial charge in [-0.1, -0.05) is 31.0 Å². The fraction of sp³-hybridized carbons (Fsp3) is 0.529. The molecule has 22 heavy (non-hydrogen) atoms. The molecule has 5 nitrogen and oxygen atoms in total. The highest BCUT2D eigenvalue weighted by Gasteiger charge is 2.32. The molecule has 0 saturated carbocycles. The maximum Gasteiger partial charge on any atom is 0.320 e. The van der Waals surface area contributed by atoms with Gasteiger partial charge in [0.2, 0.25) is 5.91 Å². The van der Waals surface area contributed by atoms with Crippen molar-refractivity contribution in [2.24, 2.45) is 0 Å². The van der Waals surface area contributed by atoms with Crippen LogP contribution >= 0.6 is 0 Å². The topological polar surface area (TPSA) is 69.6 Å². The third-order valence-electron chi connectivity index (χ3n) is 4.06. The van der Waals surface area contributed by atoms with Crippen molar-refractivity contribution in [1.29, 1.82) is 0 Å². The van der Waals surface area contributed by atoms with E-state index in [0.29, 0.717) is 19.4 Å². The van der Waals surface area contributed by atoms with Gasteiger partial charge >= 0.3 is 5.97 Å². The first-order chi connectivity index (χ1) is 10.5. The molecule has 0 radical (unpaired) electrons. The summed E-state index contributed by atoms with van der Waals surface area (Å²) >= 11 is 0. The lowest BCUT2D eigenvalue weighted by Gasteiger charge is -2.34. The fourth-order valence-corrected chi connectivity index (χ4v) is 2.82. The molecule has 1 amide bonds. The third kappa shape index (κ3) is 3.85. The molecule has 2 N–H and O–H groups in total. The minimum atomic E-state index is -0.887. The summed E-state index contributed by atoms with van der Waals surface area (Å²) in [6.45, 7) is 4.64. The van der Waals surface area contributed by atoms with Gasteiger partial charge in [0, 0.05) is 12.2 Å². The van der Waals surface area contributed by atoms with Crippen LogP contribution in [0.2, 0.25) is 0 Å². The summed E-state index contributed by atoms with van der Waals surface area (Å²) < 4.78 is 0. The molecule has 1 aliphatic heterocycles. The van der Waals surface area contributed by atoms with E-state index in [1.165, 1.54) is 0 Å². The molecule has 2 unspecified atom stereocenters. The number of carbonyl (C=O) groups excluding carboxylic acids is 1. The zero-order valence-corrected chi connectivity index (χ0v) is 13.2. The van der Waals surface area contributed by atoms with Crippen LogP contribution in [0.5, 0.6) is 0 Å². The first-order valence-electron chi connectivity index (χ1n) is 7.89. The van der Waals surface area contributed by atoms with Gasteiger partial charge in [0.05, 0.1) is 6.04 Å². The van der Waals surface area contributed by atoms with E-state index in [0.717, 1.165) is 24.1 Å². The molecule has 1 aromatic rings. The number of carboxylic acid groups (broad SMARTS) is 1. The van der Waals surface area contributed by atoms with E-state index in [2.05, 4.69) is 5.32 Å². The number of carboxylic acids is 1. The van der Waals surface area contributed by atoms with Crippen molar-refractivity contribution in [3.05, 3.63) is 29.8 Å². The van der Waals surface area contributed by atoms with Crippen LogP contribution in [0.15, 0.2) is 24.3 Å². The first kappa shape index (κ1) is 16.5. The standard InChI is InChI=1S/C17H24N2O3/c1-3-5-15(17(21)22)18-14-6-4-11-19(16(14)20)13-9-7-12(2)8-10-13/h7-10,14-15,18H,3-6,11H2,1-2H3,(H,21,22). The smallest absolute Gasteiger partial charge is 0.320 e. The third-order valence-corrected chi connectivity index (χ3v) is 4.06. The van der Waals surface area contributed by atoms with Crippen molar-refractivity contribution in [2.45, 2.75) is 51.6 Å². The van der Waals surface area contributed by atoms with Gasteiger partial charge in [-0.25, -0.2) is 0 Å². The monoisotopic (exact) mass is 304 g/mol. The molecule has 5 heteroatoms. The quantitative estimate of drug-likeness (QED) is 0.846. The molecular formula is C17H24N2O3. The second-order valence-corrected chi connectivity index (χ2v) is 5.87. The number of hydrogen-bond donors (Lipinski definition) is 2. The Morgan fingerprint density at radius 3 is 2.68 bits per heavy atom. The molecule has 1 fully saturated rings. The van der Waals surface area contributed by atoms with Gasteiger partial charge < -0.3 is 10.0 Å². The van der Waals surface area contributed by atoms with Crippen LogP contribution in [-0.2, 0) is 9.59 Å². The average molecular weight is 304 g/mol. The number of hydrogen-bond acceptors (Lipinski definition) is 3. The number of nitrogens with one attached hydrogen (secondary N) is 1. The summed E-state index contributed by atoms with van der Waals surface area (Å²) in [5.74, 6) is -0.917. The molecule has 1 aliphatic rings. The van der Waals surface area contributed by atoms with Crippen LogP contribution in [-0.4, -0.2) is 35.6 Å². The number of carbonyl (C=O) groups is 2. The van der Waals surface area contributed by atoms with Crippen molar-refractivity contribution in [3.63, 3.8) is 0 Å². The SMILES string of the molecule is CCCC(NC1CCCN(c2ccc(C)cc2)C1=O)C(=O)O. The Bertz CT molecular complexity index is 527. The predicted molar refractivity (Wildman–Crippen MR) is 86.0 cm³/mol. The molecule has 1 aromatic carbocycles. The van der Waals surface area contributed by atoms with Crippen molar-refractivity contribution in [1.82, 2.24) is 5.32 Å². The summed E-state index contributed by atoms with van der Waals surface area (Å²) in [6.07, 6.45) is 2.86. The van der Waals surface area contributed by atoms with E-state index in [4.69, 9.17) is 0 Å². The Morgan fingerprint density at radius 2 is 2.09 bits per heavy atom. The Labute approximate surface area is 131 Å². The van der Waals surface area contributed by atoms with Crippen molar-refractivity contribution in [2.75, 3.05) is 11.4 Å². The molecule has 0 bridgehead atoms. The van der Waals surface area contributed by atoms with Crippen LogP contribution in [0.4, 0.5) is 5.69 Å². The fourth-order valence-electron chi connectivity index (χ4n) is 2.82. The normalized spacial score (nSPS) is 20.0. The second kappa shape index (κ2) is 7.40. The van der Waals surface area contributed by atoms with Crippen molar-refractivity contribution >= 4 is 17.6 Å². The lowest BCUT2D eigenvalue weighted by atomic mass is 10.0. The number of rotatable bonds is 6. The number of amides is 1. The minimum absolute atomic E-state index is 0.0301. The summed E-state index contributed by atoms with van der Waals surface area (Å²) in [4.78, 5) is 25.7. The molecule has 2 atom stereocenters. The number of benzene rings is 1. The van der Waals surface area contributed by atoms with Crippen LogP contribution in [0.1, 0.15) is 38.2 Å². The highest BCUT2D eigenvalue weighted by Crippen LogP contribution is 2.22. The summed E-state index contributed by atoms with van der Waals surface area (Å²) in [5, 5.41) is 12.3. The molecule has 0 aliphatic carbocycles. The van der Waals surface area contributed by atoms with Gasteiger partial charge in [-0.3, -0.25) is 14.9 Å². The van der Waals surface area contributed by atoms with Gasteiger partial charge in [0.1, 0.15) is 6.04 Å². The Hall–Kier alpha value is -1.88. The van der Waals surface area contributed by atoms with Gasteiger partial charge in [-0.05, 0) is 38.3 Å². The van der Waals surface area contributed by atoms with E-state index in [9.17, 15) is 14.7 Å². The van der Waals surface area contributed by atoms with Crippen LogP contribution in [0.3, 0.4) is 0 Å². The maximum atomic E-state index is 12.6. The van der Waals surface area contributed by atoms with Gasteiger partial charge in [0.25, 0.3) is 0 Å². The minimum Gasteiger partial charge on any atom is -0.480 e. The van der Waals surface area contributed by atoms with Gasteiger partial charge in [0.15, 0.2) is 0 Å². The lowest BCUT2D eigenvalue weighted by Crippen LogP contribution is -2.55. The number of nitrogens with zero attached hydrogens (tertiary/aromatic N) is 1. The number of anilines is 1. The van der Waals surface area contributed by atoms with E-state index < -0.39 is 18.1 Å². The zero-order valence-electron chi connectivity index (χ0n) is 13.2. The molecular weight excluding hydrogens is 280 g/mol. The molecule has 1 saturated heterocycles. The van der Waals surface area contributed by atoms with Crippen LogP contribution in [0.25, 0.3) is 0 Å². The molecule has 0 spiro atoms. The largest absolute Gasteiger partial charge is 0.480 e. The van der Waals surface area contributed by atoms with E-state index in [1.807, 2.05) is 38.1 Å². The summed E-state index contributed by atoms with van der Waals surface area (Å²) in [7, 11) is 0. The Balaban J connectivity index is 2.09. The number of piperidine rings is 1. The lowest BCUT2D eigenvalue weighted by molar-refractivity contribution is -0.140. The second-order valence-electron chi connectivity index (χ2n) is 5.87. The predicted octanol–water partition coefficient (Wildman–Crippen LogP) is 2.33. The van der Waals surface area contributed by atoms with Crippen LogP contribution in [0, 0.1) is 6.92 Å². The molecule has 2 rings (SSSR count). The average Bonchev–Trinajstić information content (AvgIpc) is 2.49. The van der Waals surface area contributed by atoms with E-state index in [1.54, 1.807) is 4.90 Å². The van der Waals surface area contributed by atoms with Crippen molar-refractivity contribution in [3.8, 4) is 0 Å². The molecule has 120 valence electrons. The highest BCUT2D eigenvalue weighted by molar-refractivity contribution is 5.98. The first-order valence-corrected chi connectivity index (χ1v) is 7.89. The van der Waals surface area contributed by atoms with Gasteiger partial charge in [-0.2, -0.15) is 0 Å². The van der Waals surface area contributed by atoms with Crippen LogP contribution < -0.4 is 10.2 Å². The molecule has 1 heterocycles. The maximum absolute atomic E-state index is 12.6. The van der Waals surface area contributed by atoms with E-state index in [-0.39, 0.29) is 5.91 Å². The summed E-state index contributed by atoms with van der Waals surface area (Å²) in [5.41, 5.74) is 2.03. The summed E-state index contributed by atoms with van der Waals surface area (Å²) in [6, 6.07) is 6.78. The number of aryl methyl sites for hydroxylation is 1. The molecule has 0 aromatic heterocycles. The Morgan fingerprint density at radius 1 is 1.41 bits per heavy atom. The zero-order chi connectivity index (χ0) is 16.1. The Kier molecular flexibility index (Phi) is 5.55. The number of aliphatic carboxylic acids is 1. The van der Waals surface area contributed by atoms with Crippen molar-refractivity contribution < 1.29 is 14.7 Å². The van der Waals surface area contributed by atoms with E-state index >= 15 is 0 Å². The highest BCUT2D eigenvalue weighted by atomic mass is 16.4. The van der Waals surface area contributed by atoms with Gasteiger partial charge in [-0.15, -0.1) is 0 Å².